The first kappa shape index (κ1) is 21.8. The Morgan fingerprint density at radius 3 is 2.48 bits per heavy atom. The van der Waals surface area contributed by atoms with Crippen LogP contribution in [0.3, 0.4) is 0 Å². The lowest BCUT2D eigenvalue weighted by atomic mass is 9.98. The molecule has 5 rings (SSSR count). The maximum atomic E-state index is 13.2. The molecule has 0 amide bonds. The van der Waals surface area contributed by atoms with E-state index in [0.29, 0.717) is 34.6 Å². The van der Waals surface area contributed by atoms with E-state index in [1.165, 1.54) is 23.5 Å². The summed E-state index contributed by atoms with van der Waals surface area (Å²) >= 11 is 1.26. The van der Waals surface area contributed by atoms with Gasteiger partial charge in [-0.25, -0.2) is 27.0 Å². The second-order valence-corrected chi connectivity index (χ2v) is 12.4. The van der Waals surface area contributed by atoms with Crippen molar-refractivity contribution < 1.29 is 16.8 Å². The molecule has 172 valence electrons. The minimum absolute atomic E-state index is 0.103. The molecule has 12 nitrogen and oxygen atoms in total. The van der Waals surface area contributed by atoms with Gasteiger partial charge in [0.15, 0.2) is 15.0 Å². The van der Waals surface area contributed by atoms with Crippen LogP contribution in [0.25, 0.3) is 32.7 Å². The van der Waals surface area contributed by atoms with Gasteiger partial charge in [0, 0.05) is 11.1 Å². The number of nitrogens with one attached hydrogen (secondary N) is 1. The van der Waals surface area contributed by atoms with Crippen LogP contribution in [0.5, 0.6) is 0 Å². The summed E-state index contributed by atoms with van der Waals surface area (Å²) in [5.41, 5.74) is 12.2. The van der Waals surface area contributed by atoms with Crippen LogP contribution in [0, 0.1) is 0 Å². The molecule has 0 bridgehead atoms. The molecule has 0 unspecified atom stereocenters. The number of hydrogen-bond donors (Lipinski definition) is 4. The highest BCUT2D eigenvalue weighted by Crippen LogP contribution is 2.43. The van der Waals surface area contributed by atoms with Gasteiger partial charge in [0.2, 0.25) is 15.8 Å². The molecule has 2 heterocycles. The number of para-hydroxylation sites is 1. The summed E-state index contributed by atoms with van der Waals surface area (Å²) in [5, 5.41) is 19.5. The van der Waals surface area contributed by atoms with Crippen molar-refractivity contribution >= 4 is 46.5 Å². The molecule has 1 saturated carbocycles. The van der Waals surface area contributed by atoms with Gasteiger partial charge in [-0.3, -0.25) is 0 Å². The number of nitrogens with two attached hydrogens (primary N) is 3. The molecule has 1 aliphatic carbocycles. The Morgan fingerprint density at radius 1 is 1.09 bits per heavy atom. The number of tetrazole rings is 1. The van der Waals surface area contributed by atoms with Gasteiger partial charge in [0.1, 0.15) is 4.90 Å². The Morgan fingerprint density at radius 2 is 1.85 bits per heavy atom. The minimum atomic E-state index is -4.57. The number of nitrogens with zero attached hydrogens (tertiary/aromatic N) is 4. The number of thiazole rings is 1. The third-order valence-electron chi connectivity index (χ3n) is 5.41. The van der Waals surface area contributed by atoms with E-state index in [2.05, 4.69) is 25.6 Å². The smallest absolute Gasteiger partial charge is 0.240 e. The van der Waals surface area contributed by atoms with Crippen molar-refractivity contribution in [2.45, 2.75) is 28.2 Å². The van der Waals surface area contributed by atoms with Crippen molar-refractivity contribution in [2.24, 2.45) is 10.9 Å². The van der Waals surface area contributed by atoms with Crippen LogP contribution >= 0.6 is 11.3 Å². The number of fused-ring (bicyclic) bond motifs is 1. The molecule has 4 aromatic rings. The van der Waals surface area contributed by atoms with Gasteiger partial charge in [-0.2, -0.15) is 5.21 Å². The fraction of sp³-hybridized carbons (Fsp3) is 0.222. The van der Waals surface area contributed by atoms with Crippen molar-refractivity contribution in [3.63, 3.8) is 0 Å². The summed E-state index contributed by atoms with van der Waals surface area (Å²) in [6.07, 6.45) is 1.06. The molecule has 0 spiro atoms. The van der Waals surface area contributed by atoms with Crippen LogP contribution in [0.1, 0.15) is 12.8 Å². The maximum Gasteiger partial charge on any atom is 0.240 e. The number of anilines is 1. The Balaban J connectivity index is 1.87. The first-order valence-electron chi connectivity index (χ1n) is 9.59. The van der Waals surface area contributed by atoms with Gasteiger partial charge >= 0.3 is 0 Å². The number of sulfone groups is 1. The van der Waals surface area contributed by atoms with Crippen LogP contribution in [-0.2, 0) is 19.9 Å². The van der Waals surface area contributed by atoms with Crippen molar-refractivity contribution in [3.8, 4) is 22.5 Å². The van der Waals surface area contributed by atoms with Gasteiger partial charge in [-0.15, -0.1) is 10.2 Å². The van der Waals surface area contributed by atoms with Crippen molar-refractivity contribution in [1.82, 2.24) is 25.6 Å². The second-order valence-electron chi connectivity index (χ2n) is 7.92. The molecule has 0 atom stereocenters. The summed E-state index contributed by atoms with van der Waals surface area (Å²) in [4.78, 5) is 3.27. The minimum Gasteiger partial charge on any atom is -0.375 e. The number of H-pyrrole nitrogens is 1. The highest BCUT2D eigenvalue weighted by molar-refractivity contribution is 7.93. The zero-order valence-corrected chi connectivity index (χ0v) is 19.3. The molecule has 7 N–H and O–H groups in total. The number of hydrogen-bond acceptors (Lipinski definition) is 11. The van der Waals surface area contributed by atoms with Gasteiger partial charge < -0.3 is 11.5 Å². The summed E-state index contributed by atoms with van der Waals surface area (Å²) in [7, 11) is -8.70. The molecule has 33 heavy (non-hydrogen) atoms. The number of aromatic amines is 1. The Kier molecular flexibility index (Phi) is 4.81. The summed E-state index contributed by atoms with van der Waals surface area (Å²) < 4.78 is 52.9. The zero-order chi connectivity index (χ0) is 23.6. The molecule has 15 heteroatoms. The van der Waals surface area contributed by atoms with Crippen molar-refractivity contribution in [3.05, 3.63) is 30.3 Å². The lowest BCUT2D eigenvalue weighted by Gasteiger charge is -2.17. The summed E-state index contributed by atoms with van der Waals surface area (Å²) in [6.45, 7) is 0. The molecule has 0 aliphatic heterocycles. The SMILES string of the molecule is Nc1nc2c(-c3ccc(S(=O)(=O)CC4(N)CC4)c(S(N)(=O)=O)c3-c3nn[nH]n3)cccc2s1. The van der Waals surface area contributed by atoms with Crippen LogP contribution in [-0.4, -0.2) is 53.7 Å². The van der Waals surface area contributed by atoms with Crippen LogP contribution in [0.4, 0.5) is 5.13 Å². The second kappa shape index (κ2) is 7.26. The van der Waals surface area contributed by atoms with Gasteiger partial charge in [0.25, 0.3) is 0 Å². The number of rotatable bonds is 6. The van der Waals surface area contributed by atoms with E-state index in [9.17, 15) is 16.8 Å². The predicted molar refractivity (Wildman–Crippen MR) is 122 cm³/mol. The zero-order valence-electron chi connectivity index (χ0n) is 16.9. The first-order chi connectivity index (χ1) is 15.5. The fourth-order valence-corrected chi connectivity index (χ4v) is 7.93. The molecule has 0 radical (unpaired) electrons. The Labute approximate surface area is 192 Å². The monoisotopic (exact) mass is 506 g/mol. The number of nitrogen functional groups attached to an aromatic ring is 1. The molecule has 2 aromatic carbocycles. The lowest BCUT2D eigenvalue weighted by Crippen LogP contribution is -2.32. The molecular weight excluding hydrogens is 488 g/mol. The topological polar surface area (TPSA) is 214 Å². The quantitative estimate of drug-likeness (QED) is 0.286. The maximum absolute atomic E-state index is 13.2. The Bertz CT molecular complexity index is 1610. The highest BCUT2D eigenvalue weighted by atomic mass is 32.2. The number of primary sulfonamides is 1. The van der Waals surface area contributed by atoms with E-state index in [4.69, 9.17) is 16.6 Å². The largest absolute Gasteiger partial charge is 0.375 e. The van der Waals surface area contributed by atoms with Gasteiger partial charge in [-0.05, 0) is 35.8 Å². The highest BCUT2D eigenvalue weighted by Gasteiger charge is 2.44. The summed E-state index contributed by atoms with van der Waals surface area (Å²) in [6, 6.07) is 7.97. The molecule has 0 saturated heterocycles. The van der Waals surface area contributed by atoms with E-state index in [1.54, 1.807) is 12.1 Å². The summed E-state index contributed by atoms with van der Waals surface area (Å²) in [5.74, 6) is -0.550. The number of aromatic nitrogens is 5. The third-order valence-corrected chi connectivity index (χ3v) is 9.34. The van der Waals surface area contributed by atoms with Gasteiger partial charge in [0.05, 0.1) is 26.4 Å². The van der Waals surface area contributed by atoms with Crippen molar-refractivity contribution in [2.75, 3.05) is 11.5 Å². The standard InChI is InChI=1S/C18H18N8O4S3/c19-17-22-14-10(2-1-3-11(14)31-17)9-4-5-12(32(27,28)8-18(20)6-7-18)15(33(21,29)30)13(9)16-23-25-26-24-16/h1-5H,6-8,20H2,(H2,19,22)(H2,21,29,30)(H,23,24,25,26). The van der Waals surface area contributed by atoms with Gasteiger partial charge in [-0.1, -0.05) is 29.5 Å². The number of benzene rings is 2. The Hall–Kier alpha value is -2.98. The van der Waals surface area contributed by atoms with Crippen LogP contribution in [0.2, 0.25) is 0 Å². The molecule has 2 aromatic heterocycles. The average Bonchev–Trinajstić information content (AvgIpc) is 3.12. The third kappa shape index (κ3) is 3.87. The van der Waals surface area contributed by atoms with E-state index in [-0.39, 0.29) is 11.4 Å². The molecular formula is C18H18N8O4S3. The molecule has 1 fully saturated rings. The predicted octanol–water partition coefficient (Wildman–Crippen LogP) is 0.638. The molecule has 1 aliphatic rings. The van der Waals surface area contributed by atoms with E-state index >= 15 is 0 Å². The van der Waals surface area contributed by atoms with Crippen molar-refractivity contribution in [1.29, 1.82) is 0 Å². The van der Waals surface area contributed by atoms with E-state index < -0.39 is 40.9 Å². The normalized spacial score (nSPS) is 15.7. The van der Waals surface area contributed by atoms with Crippen LogP contribution in [0.15, 0.2) is 40.1 Å². The fourth-order valence-electron chi connectivity index (χ4n) is 3.75. The van der Waals surface area contributed by atoms with E-state index in [1.807, 2.05) is 6.07 Å². The van der Waals surface area contributed by atoms with E-state index in [0.717, 1.165) is 4.70 Å². The average molecular weight is 507 g/mol. The number of sulfonamides is 1. The first-order valence-corrected chi connectivity index (χ1v) is 13.6. The lowest BCUT2D eigenvalue weighted by molar-refractivity contribution is 0.576. The van der Waals surface area contributed by atoms with Crippen LogP contribution < -0.4 is 16.6 Å².